The van der Waals surface area contributed by atoms with E-state index in [1.165, 1.54) is 0 Å². The van der Waals surface area contributed by atoms with E-state index in [0.29, 0.717) is 17.9 Å². The molecule has 0 saturated heterocycles. The van der Waals surface area contributed by atoms with Crippen LogP contribution in [0, 0.1) is 6.92 Å². The number of aryl methyl sites for hydroxylation is 1. The lowest BCUT2D eigenvalue weighted by Crippen LogP contribution is -2.25. The molecule has 0 aromatic carbocycles. The van der Waals surface area contributed by atoms with E-state index in [9.17, 15) is 4.79 Å². The average Bonchev–Trinajstić information content (AvgIpc) is 2.47. The van der Waals surface area contributed by atoms with Crippen molar-refractivity contribution in [2.24, 2.45) is 0 Å². The fraction of sp³-hybridized carbons (Fsp3) is 0.647. The highest BCUT2D eigenvalue weighted by atomic mass is 16.1. The SMILES string of the molecule is CCCCNc1cc(C)c(C(=O)NCC)c(NCCCC)n1. The van der Waals surface area contributed by atoms with Crippen molar-refractivity contribution in [2.45, 2.75) is 53.4 Å². The first kappa shape index (κ1) is 18.3. The zero-order valence-corrected chi connectivity index (χ0v) is 14.4. The van der Waals surface area contributed by atoms with E-state index in [2.05, 4.69) is 34.8 Å². The van der Waals surface area contributed by atoms with Crippen LogP contribution in [0.25, 0.3) is 0 Å². The van der Waals surface area contributed by atoms with E-state index in [-0.39, 0.29) is 5.91 Å². The molecule has 0 aliphatic carbocycles. The predicted molar refractivity (Wildman–Crippen MR) is 93.8 cm³/mol. The largest absolute Gasteiger partial charge is 0.370 e. The van der Waals surface area contributed by atoms with Crippen LogP contribution in [0.5, 0.6) is 0 Å². The minimum Gasteiger partial charge on any atom is -0.370 e. The smallest absolute Gasteiger partial charge is 0.255 e. The van der Waals surface area contributed by atoms with Gasteiger partial charge in [-0.2, -0.15) is 0 Å². The summed E-state index contributed by atoms with van der Waals surface area (Å²) >= 11 is 0. The lowest BCUT2D eigenvalue weighted by atomic mass is 10.1. The summed E-state index contributed by atoms with van der Waals surface area (Å²) < 4.78 is 0. The van der Waals surface area contributed by atoms with Gasteiger partial charge in [-0.1, -0.05) is 26.7 Å². The third-order valence-corrected chi connectivity index (χ3v) is 3.44. The molecule has 0 spiro atoms. The van der Waals surface area contributed by atoms with Crippen molar-refractivity contribution in [3.05, 3.63) is 17.2 Å². The molecule has 124 valence electrons. The topological polar surface area (TPSA) is 66.1 Å². The Bertz CT molecular complexity index is 474. The Morgan fingerprint density at radius 1 is 1.09 bits per heavy atom. The molecular weight excluding hydrogens is 276 g/mol. The molecule has 1 aromatic rings. The van der Waals surface area contributed by atoms with Crippen LogP contribution >= 0.6 is 0 Å². The average molecular weight is 306 g/mol. The number of aromatic nitrogens is 1. The van der Waals surface area contributed by atoms with Crippen LogP contribution in [0.15, 0.2) is 6.07 Å². The van der Waals surface area contributed by atoms with E-state index in [1.807, 2.05) is 19.9 Å². The van der Waals surface area contributed by atoms with Crippen molar-refractivity contribution >= 4 is 17.5 Å². The zero-order valence-electron chi connectivity index (χ0n) is 14.4. The number of anilines is 2. The van der Waals surface area contributed by atoms with Gasteiger partial charge in [0.05, 0.1) is 5.56 Å². The van der Waals surface area contributed by atoms with Crippen LogP contribution in [0.3, 0.4) is 0 Å². The van der Waals surface area contributed by atoms with Gasteiger partial charge in [-0.3, -0.25) is 4.79 Å². The number of unbranched alkanes of at least 4 members (excludes halogenated alkanes) is 2. The summed E-state index contributed by atoms with van der Waals surface area (Å²) in [6.07, 6.45) is 4.42. The van der Waals surface area contributed by atoms with Crippen molar-refractivity contribution in [2.75, 3.05) is 30.3 Å². The Morgan fingerprint density at radius 2 is 1.73 bits per heavy atom. The van der Waals surface area contributed by atoms with Gasteiger partial charge in [0, 0.05) is 19.6 Å². The number of hydrogen-bond acceptors (Lipinski definition) is 4. The predicted octanol–water partition coefficient (Wildman–Crippen LogP) is 3.56. The van der Waals surface area contributed by atoms with E-state index in [1.54, 1.807) is 0 Å². The van der Waals surface area contributed by atoms with Crippen molar-refractivity contribution < 1.29 is 4.79 Å². The number of amides is 1. The maximum Gasteiger partial charge on any atom is 0.255 e. The first-order valence-corrected chi connectivity index (χ1v) is 8.41. The van der Waals surface area contributed by atoms with Crippen molar-refractivity contribution in [3.8, 4) is 0 Å². The molecule has 5 heteroatoms. The highest BCUT2D eigenvalue weighted by molar-refractivity contribution is 6.00. The lowest BCUT2D eigenvalue weighted by molar-refractivity contribution is 0.0956. The first-order chi connectivity index (χ1) is 10.6. The normalized spacial score (nSPS) is 10.4. The Balaban J connectivity index is 2.99. The Labute approximate surface area is 134 Å². The van der Waals surface area contributed by atoms with Gasteiger partial charge in [-0.05, 0) is 38.3 Å². The van der Waals surface area contributed by atoms with Gasteiger partial charge >= 0.3 is 0 Å². The van der Waals surface area contributed by atoms with E-state index < -0.39 is 0 Å². The second-order valence-corrected chi connectivity index (χ2v) is 5.47. The van der Waals surface area contributed by atoms with Crippen LogP contribution in [-0.4, -0.2) is 30.5 Å². The Hall–Kier alpha value is -1.78. The molecule has 0 bridgehead atoms. The van der Waals surface area contributed by atoms with E-state index >= 15 is 0 Å². The summed E-state index contributed by atoms with van der Waals surface area (Å²) in [5, 5.41) is 9.51. The molecule has 1 aromatic heterocycles. The number of hydrogen-bond donors (Lipinski definition) is 3. The van der Waals surface area contributed by atoms with Crippen LogP contribution in [0.1, 0.15) is 62.4 Å². The van der Waals surface area contributed by atoms with Gasteiger partial charge in [-0.25, -0.2) is 4.98 Å². The number of nitrogens with zero attached hydrogens (tertiary/aromatic N) is 1. The molecule has 3 N–H and O–H groups in total. The molecular formula is C17H30N4O. The standard InChI is InChI=1S/C17H30N4O/c1-5-8-10-19-14-12-13(4)15(17(22)18-7-3)16(21-14)20-11-9-6-2/h12H,5-11H2,1-4H3,(H,18,22)(H2,19,20,21). The molecule has 1 amide bonds. The van der Waals surface area contributed by atoms with Crippen molar-refractivity contribution in [1.82, 2.24) is 10.3 Å². The highest BCUT2D eigenvalue weighted by Gasteiger charge is 2.16. The molecule has 0 aliphatic rings. The van der Waals surface area contributed by atoms with Gasteiger partial charge < -0.3 is 16.0 Å². The van der Waals surface area contributed by atoms with Crippen molar-refractivity contribution in [3.63, 3.8) is 0 Å². The summed E-state index contributed by atoms with van der Waals surface area (Å²) in [5.41, 5.74) is 1.60. The molecule has 22 heavy (non-hydrogen) atoms. The Morgan fingerprint density at radius 3 is 2.32 bits per heavy atom. The Kier molecular flexibility index (Phi) is 8.33. The number of pyridine rings is 1. The first-order valence-electron chi connectivity index (χ1n) is 8.41. The zero-order chi connectivity index (χ0) is 16.4. The molecule has 1 heterocycles. The summed E-state index contributed by atoms with van der Waals surface area (Å²) in [4.78, 5) is 16.9. The van der Waals surface area contributed by atoms with Gasteiger partial charge in [-0.15, -0.1) is 0 Å². The monoisotopic (exact) mass is 306 g/mol. The molecule has 0 aliphatic heterocycles. The molecule has 0 unspecified atom stereocenters. The van der Waals surface area contributed by atoms with E-state index in [4.69, 9.17) is 0 Å². The molecule has 5 nitrogen and oxygen atoms in total. The summed E-state index contributed by atoms with van der Waals surface area (Å²) in [5.74, 6) is 1.45. The third-order valence-electron chi connectivity index (χ3n) is 3.44. The number of carbonyl (C=O) groups is 1. The van der Waals surface area contributed by atoms with Crippen LogP contribution in [-0.2, 0) is 0 Å². The minimum atomic E-state index is -0.0633. The summed E-state index contributed by atoms with van der Waals surface area (Å²) in [6, 6.07) is 1.95. The summed E-state index contributed by atoms with van der Waals surface area (Å²) in [6.45, 7) is 10.5. The third kappa shape index (κ3) is 5.54. The van der Waals surface area contributed by atoms with Gasteiger partial charge in [0.15, 0.2) is 0 Å². The second-order valence-electron chi connectivity index (χ2n) is 5.47. The summed E-state index contributed by atoms with van der Waals surface area (Å²) in [7, 11) is 0. The maximum atomic E-state index is 12.3. The van der Waals surface area contributed by atoms with Gasteiger partial charge in [0.25, 0.3) is 5.91 Å². The fourth-order valence-electron chi connectivity index (χ4n) is 2.20. The van der Waals surface area contributed by atoms with Crippen LogP contribution in [0.2, 0.25) is 0 Å². The highest BCUT2D eigenvalue weighted by Crippen LogP contribution is 2.21. The quantitative estimate of drug-likeness (QED) is 0.578. The minimum absolute atomic E-state index is 0.0633. The lowest BCUT2D eigenvalue weighted by Gasteiger charge is -2.16. The van der Waals surface area contributed by atoms with Gasteiger partial charge in [0.1, 0.15) is 11.6 Å². The van der Waals surface area contributed by atoms with Crippen molar-refractivity contribution in [1.29, 1.82) is 0 Å². The molecule has 0 radical (unpaired) electrons. The van der Waals surface area contributed by atoms with Crippen LogP contribution < -0.4 is 16.0 Å². The molecule has 1 rings (SSSR count). The second kappa shape index (κ2) is 10.0. The van der Waals surface area contributed by atoms with Gasteiger partial charge in [0.2, 0.25) is 0 Å². The molecule has 0 atom stereocenters. The molecule has 0 saturated carbocycles. The van der Waals surface area contributed by atoms with E-state index in [0.717, 1.165) is 50.2 Å². The molecule has 0 fully saturated rings. The maximum absolute atomic E-state index is 12.3. The number of nitrogens with one attached hydrogen (secondary N) is 3. The van der Waals surface area contributed by atoms with Crippen LogP contribution in [0.4, 0.5) is 11.6 Å². The number of rotatable bonds is 10. The fourth-order valence-corrected chi connectivity index (χ4v) is 2.20. The number of carbonyl (C=O) groups excluding carboxylic acids is 1.